The van der Waals surface area contributed by atoms with Crippen molar-refractivity contribution >= 4 is 29.8 Å². The number of nitrogens with one attached hydrogen (secondary N) is 2. The summed E-state index contributed by atoms with van der Waals surface area (Å²) in [6.45, 7) is 0. The molecule has 2 N–H and O–H groups in total. The lowest BCUT2D eigenvalue weighted by atomic mass is 10.2. The molecule has 0 aliphatic heterocycles. The van der Waals surface area contributed by atoms with Gasteiger partial charge < -0.3 is 0 Å². The van der Waals surface area contributed by atoms with Gasteiger partial charge in [0.1, 0.15) is 0 Å². The van der Waals surface area contributed by atoms with Crippen LogP contribution in [0, 0.1) is 0 Å². The highest BCUT2D eigenvalue weighted by Crippen LogP contribution is 2.07. The van der Waals surface area contributed by atoms with Gasteiger partial charge in [0.2, 0.25) is 0 Å². The summed E-state index contributed by atoms with van der Waals surface area (Å²) >= 11 is 5.96. The fourth-order valence-electron chi connectivity index (χ4n) is 1.43. The lowest BCUT2D eigenvalue weighted by Gasteiger charge is -1.97. The summed E-state index contributed by atoms with van der Waals surface area (Å²) < 4.78 is 0. The molecule has 2 rings (SSSR count). The molecule has 0 unspecified atom stereocenters. The van der Waals surface area contributed by atoms with Crippen molar-refractivity contribution in [3.63, 3.8) is 0 Å². The van der Waals surface area contributed by atoms with E-state index in [1.165, 1.54) is 18.3 Å². The Morgan fingerprint density at radius 2 is 2.00 bits per heavy atom. The van der Waals surface area contributed by atoms with Gasteiger partial charge in [-0.15, -0.1) is 0 Å². The van der Waals surface area contributed by atoms with E-state index in [0.717, 1.165) is 5.56 Å². The summed E-state index contributed by atoms with van der Waals surface area (Å²) in [5, 5.41) is 9.80. The molecule has 0 atom stereocenters. The Kier molecular flexibility index (Phi) is 5.00. The SMILES string of the molecule is O=C(NN=CC(Cl)=Cc1ccccc1)c1ccc(=O)[nH]n1. The highest BCUT2D eigenvalue weighted by atomic mass is 35.5. The van der Waals surface area contributed by atoms with Crippen molar-refractivity contribution in [2.24, 2.45) is 5.10 Å². The minimum atomic E-state index is -0.549. The second-order valence-corrected chi connectivity index (χ2v) is 4.38. The van der Waals surface area contributed by atoms with Gasteiger partial charge in [0, 0.05) is 6.07 Å². The third-order valence-electron chi connectivity index (χ3n) is 2.37. The number of aromatic nitrogens is 2. The Morgan fingerprint density at radius 1 is 1.24 bits per heavy atom. The number of amides is 1. The van der Waals surface area contributed by atoms with E-state index in [9.17, 15) is 9.59 Å². The summed E-state index contributed by atoms with van der Waals surface area (Å²) in [7, 11) is 0. The number of hydrazone groups is 1. The highest BCUT2D eigenvalue weighted by molar-refractivity contribution is 6.41. The van der Waals surface area contributed by atoms with Crippen LogP contribution in [0.15, 0.2) is 57.4 Å². The molecule has 106 valence electrons. The van der Waals surface area contributed by atoms with E-state index in [0.29, 0.717) is 5.03 Å². The number of H-pyrrole nitrogens is 1. The first-order chi connectivity index (χ1) is 10.1. The maximum Gasteiger partial charge on any atom is 0.291 e. The van der Waals surface area contributed by atoms with Crippen molar-refractivity contribution in [1.82, 2.24) is 15.6 Å². The van der Waals surface area contributed by atoms with E-state index >= 15 is 0 Å². The maximum absolute atomic E-state index is 11.6. The smallest absolute Gasteiger partial charge is 0.268 e. The number of benzene rings is 1. The molecule has 1 amide bonds. The summed E-state index contributed by atoms with van der Waals surface area (Å²) in [6, 6.07) is 11.9. The van der Waals surface area contributed by atoms with Crippen LogP contribution in [-0.4, -0.2) is 22.3 Å². The second kappa shape index (κ2) is 7.16. The first-order valence-corrected chi connectivity index (χ1v) is 6.34. The Hall–Kier alpha value is -2.73. The molecule has 2 aromatic rings. The number of halogens is 1. The number of nitrogens with zero attached hydrogens (tertiary/aromatic N) is 2. The maximum atomic E-state index is 11.6. The molecule has 1 heterocycles. The lowest BCUT2D eigenvalue weighted by Crippen LogP contribution is -2.21. The van der Waals surface area contributed by atoms with Crippen LogP contribution in [-0.2, 0) is 0 Å². The van der Waals surface area contributed by atoms with Gasteiger partial charge in [-0.1, -0.05) is 41.9 Å². The van der Waals surface area contributed by atoms with Crippen LogP contribution in [0.1, 0.15) is 16.1 Å². The first-order valence-electron chi connectivity index (χ1n) is 5.96. The Balaban J connectivity index is 1.96. The largest absolute Gasteiger partial charge is 0.291 e. The van der Waals surface area contributed by atoms with Gasteiger partial charge in [0.25, 0.3) is 11.5 Å². The van der Waals surface area contributed by atoms with E-state index < -0.39 is 5.91 Å². The van der Waals surface area contributed by atoms with Crippen molar-refractivity contribution in [3.05, 3.63) is 69.1 Å². The van der Waals surface area contributed by atoms with Gasteiger partial charge in [-0.05, 0) is 17.7 Å². The van der Waals surface area contributed by atoms with Crippen molar-refractivity contribution in [1.29, 1.82) is 0 Å². The molecule has 0 bridgehead atoms. The standard InChI is InChI=1S/C14H11ClN4O2/c15-11(8-10-4-2-1-3-5-10)9-16-19-14(21)12-6-7-13(20)18-17-12/h1-9H,(H,18,20)(H,19,21). The van der Waals surface area contributed by atoms with Crippen LogP contribution in [0.2, 0.25) is 0 Å². The number of hydrogen-bond donors (Lipinski definition) is 2. The van der Waals surface area contributed by atoms with Crippen LogP contribution in [0.4, 0.5) is 0 Å². The highest BCUT2D eigenvalue weighted by Gasteiger charge is 2.05. The molecule has 0 aliphatic rings. The Labute approximate surface area is 125 Å². The number of allylic oxidation sites excluding steroid dienone is 1. The summed E-state index contributed by atoms with van der Waals surface area (Å²) in [6.07, 6.45) is 3.01. The van der Waals surface area contributed by atoms with Gasteiger partial charge in [0.05, 0.1) is 11.2 Å². The van der Waals surface area contributed by atoms with Crippen molar-refractivity contribution in [3.8, 4) is 0 Å². The zero-order valence-corrected chi connectivity index (χ0v) is 11.5. The molecule has 7 heteroatoms. The van der Waals surface area contributed by atoms with Crippen molar-refractivity contribution in [2.45, 2.75) is 0 Å². The minimum Gasteiger partial charge on any atom is -0.268 e. The third-order valence-corrected chi connectivity index (χ3v) is 2.58. The number of rotatable bonds is 4. The Bertz CT molecular complexity index is 718. The van der Waals surface area contributed by atoms with Gasteiger partial charge >= 0.3 is 0 Å². The minimum absolute atomic E-state index is 0.0508. The zero-order chi connectivity index (χ0) is 15.1. The molecule has 1 aromatic carbocycles. The van der Waals surface area contributed by atoms with E-state index in [4.69, 9.17) is 11.6 Å². The van der Waals surface area contributed by atoms with E-state index in [1.807, 2.05) is 30.3 Å². The molecule has 0 spiro atoms. The fourth-order valence-corrected chi connectivity index (χ4v) is 1.60. The van der Waals surface area contributed by atoms with Gasteiger partial charge in [0.15, 0.2) is 5.69 Å². The molecular formula is C14H11ClN4O2. The lowest BCUT2D eigenvalue weighted by molar-refractivity contribution is 0.0949. The summed E-state index contributed by atoms with van der Waals surface area (Å²) in [5.41, 5.74) is 2.84. The summed E-state index contributed by atoms with van der Waals surface area (Å²) in [4.78, 5) is 22.4. The number of carbonyl (C=O) groups excluding carboxylic acids is 1. The number of aromatic amines is 1. The first kappa shape index (κ1) is 14.7. The van der Waals surface area contributed by atoms with Crippen molar-refractivity contribution < 1.29 is 4.79 Å². The molecule has 0 saturated carbocycles. The molecule has 0 saturated heterocycles. The van der Waals surface area contributed by atoms with Gasteiger partial charge in [-0.3, -0.25) is 9.59 Å². The van der Waals surface area contributed by atoms with Crippen LogP contribution >= 0.6 is 11.6 Å². The molecular weight excluding hydrogens is 292 g/mol. The van der Waals surface area contributed by atoms with Crippen molar-refractivity contribution in [2.75, 3.05) is 0 Å². The molecule has 0 radical (unpaired) electrons. The van der Waals surface area contributed by atoms with E-state index in [2.05, 4.69) is 20.7 Å². The topological polar surface area (TPSA) is 87.2 Å². The predicted octanol–water partition coefficient (Wildman–Crippen LogP) is 1.77. The predicted molar refractivity (Wildman–Crippen MR) is 81.1 cm³/mol. The van der Waals surface area contributed by atoms with Crippen LogP contribution in [0.3, 0.4) is 0 Å². The fraction of sp³-hybridized carbons (Fsp3) is 0. The van der Waals surface area contributed by atoms with E-state index in [1.54, 1.807) is 6.08 Å². The average molecular weight is 303 g/mol. The molecule has 1 aromatic heterocycles. The number of hydrogen-bond acceptors (Lipinski definition) is 4. The Morgan fingerprint density at radius 3 is 2.67 bits per heavy atom. The molecule has 6 nitrogen and oxygen atoms in total. The molecule has 0 fully saturated rings. The molecule has 0 aliphatic carbocycles. The van der Waals surface area contributed by atoms with Crippen LogP contribution < -0.4 is 11.0 Å². The monoisotopic (exact) mass is 302 g/mol. The average Bonchev–Trinajstić information content (AvgIpc) is 2.49. The third kappa shape index (κ3) is 4.70. The normalized spacial score (nSPS) is 11.6. The zero-order valence-electron chi connectivity index (χ0n) is 10.8. The van der Waals surface area contributed by atoms with Gasteiger partial charge in [-0.2, -0.15) is 10.2 Å². The van der Waals surface area contributed by atoms with E-state index in [-0.39, 0.29) is 11.3 Å². The van der Waals surface area contributed by atoms with Crippen LogP contribution in [0.25, 0.3) is 6.08 Å². The summed E-state index contributed by atoms with van der Waals surface area (Å²) in [5.74, 6) is -0.549. The number of carbonyl (C=O) groups is 1. The van der Waals surface area contributed by atoms with Crippen LogP contribution in [0.5, 0.6) is 0 Å². The quantitative estimate of drug-likeness (QED) is 0.666. The second-order valence-electron chi connectivity index (χ2n) is 3.95. The molecule has 21 heavy (non-hydrogen) atoms. The van der Waals surface area contributed by atoms with Gasteiger partial charge in [-0.25, -0.2) is 10.5 Å².